The van der Waals surface area contributed by atoms with E-state index >= 15 is 0 Å². The Balaban J connectivity index is 1.61. The number of pyridine rings is 1. The number of imidazole rings is 1. The molecule has 1 aromatic carbocycles. The van der Waals surface area contributed by atoms with Crippen LogP contribution in [0.4, 0.5) is 10.3 Å². The normalized spacial score (nSPS) is 17.7. The highest BCUT2D eigenvalue weighted by atomic mass is 19.1. The van der Waals surface area contributed by atoms with Crippen molar-refractivity contribution >= 4 is 17.0 Å². The van der Waals surface area contributed by atoms with E-state index in [1.54, 1.807) is 6.07 Å². The maximum absolute atomic E-state index is 13.9. The lowest BCUT2D eigenvalue weighted by atomic mass is 10.1. The Morgan fingerprint density at radius 1 is 0.968 bits per heavy atom. The molecule has 0 atom stereocenters. The van der Waals surface area contributed by atoms with Crippen LogP contribution >= 0.6 is 0 Å². The SMILES string of the molecule is Cc1cc2c(nc(N3CCNCC3)n2Cc2ccc(F)c(C)c2)c(CN2CCCC2)n1. The van der Waals surface area contributed by atoms with E-state index in [0.717, 1.165) is 79.7 Å². The lowest BCUT2D eigenvalue weighted by Crippen LogP contribution is -2.44. The molecule has 31 heavy (non-hydrogen) atoms. The predicted molar refractivity (Wildman–Crippen MR) is 122 cm³/mol. The summed E-state index contributed by atoms with van der Waals surface area (Å²) in [7, 11) is 0. The van der Waals surface area contributed by atoms with Gasteiger partial charge in [-0.2, -0.15) is 0 Å². The largest absolute Gasteiger partial charge is 0.340 e. The molecule has 2 aliphatic heterocycles. The van der Waals surface area contributed by atoms with Gasteiger partial charge in [0, 0.05) is 38.4 Å². The number of likely N-dealkylation sites (tertiary alicyclic amines) is 1. The van der Waals surface area contributed by atoms with E-state index in [1.165, 1.54) is 12.8 Å². The fourth-order valence-electron chi connectivity index (χ4n) is 4.82. The molecule has 164 valence electrons. The fourth-order valence-corrected chi connectivity index (χ4v) is 4.82. The third-order valence-corrected chi connectivity index (χ3v) is 6.45. The van der Waals surface area contributed by atoms with Crippen LogP contribution in [-0.4, -0.2) is 58.7 Å². The van der Waals surface area contributed by atoms with E-state index in [0.29, 0.717) is 12.1 Å². The van der Waals surface area contributed by atoms with E-state index in [9.17, 15) is 4.39 Å². The molecule has 0 bridgehead atoms. The van der Waals surface area contributed by atoms with Crippen LogP contribution in [0.1, 0.15) is 35.4 Å². The van der Waals surface area contributed by atoms with Gasteiger partial charge >= 0.3 is 0 Å². The molecule has 3 aromatic rings. The average molecular weight is 423 g/mol. The molecule has 0 radical (unpaired) electrons. The van der Waals surface area contributed by atoms with Crippen LogP contribution < -0.4 is 10.2 Å². The van der Waals surface area contributed by atoms with Gasteiger partial charge in [-0.1, -0.05) is 12.1 Å². The van der Waals surface area contributed by atoms with Crippen molar-refractivity contribution in [1.82, 2.24) is 24.8 Å². The Morgan fingerprint density at radius 3 is 2.48 bits per heavy atom. The Labute approximate surface area is 183 Å². The molecule has 2 aromatic heterocycles. The summed E-state index contributed by atoms with van der Waals surface area (Å²) < 4.78 is 16.2. The Kier molecular flexibility index (Phi) is 5.63. The first-order valence-corrected chi connectivity index (χ1v) is 11.4. The average Bonchev–Trinajstić information content (AvgIpc) is 3.40. The number of hydrogen-bond donors (Lipinski definition) is 1. The van der Waals surface area contributed by atoms with E-state index in [4.69, 9.17) is 9.97 Å². The van der Waals surface area contributed by atoms with Gasteiger partial charge in [0.05, 0.1) is 17.8 Å². The van der Waals surface area contributed by atoms with E-state index in [-0.39, 0.29) is 5.82 Å². The second kappa shape index (κ2) is 8.55. The summed E-state index contributed by atoms with van der Waals surface area (Å²) in [6, 6.07) is 7.55. The maximum Gasteiger partial charge on any atom is 0.207 e. The Hall–Kier alpha value is -2.51. The van der Waals surface area contributed by atoms with Gasteiger partial charge in [-0.25, -0.2) is 9.37 Å². The number of benzene rings is 1. The number of aryl methyl sites for hydroxylation is 2. The third kappa shape index (κ3) is 4.16. The second-order valence-corrected chi connectivity index (χ2v) is 8.88. The molecule has 2 saturated heterocycles. The maximum atomic E-state index is 13.9. The van der Waals surface area contributed by atoms with Gasteiger partial charge in [-0.3, -0.25) is 9.88 Å². The number of piperazine rings is 1. The number of aromatic nitrogens is 3. The summed E-state index contributed by atoms with van der Waals surface area (Å²) in [5.74, 6) is 0.836. The summed E-state index contributed by atoms with van der Waals surface area (Å²) in [4.78, 5) is 14.9. The molecular weight excluding hydrogens is 391 g/mol. The second-order valence-electron chi connectivity index (χ2n) is 8.88. The topological polar surface area (TPSA) is 49.2 Å². The monoisotopic (exact) mass is 422 g/mol. The molecule has 2 fully saturated rings. The molecule has 0 saturated carbocycles. The summed E-state index contributed by atoms with van der Waals surface area (Å²) in [5, 5.41) is 3.43. The third-order valence-electron chi connectivity index (χ3n) is 6.45. The van der Waals surface area contributed by atoms with Crippen molar-refractivity contribution < 1.29 is 4.39 Å². The molecule has 0 spiro atoms. The van der Waals surface area contributed by atoms with Gasteiger partial charge in [-0.05, 0) is 63.0 Å². The van der Waals surface area contributed by atoms with Gasteiger partial charge in [-0.15, -0.1) is 0 Å². The molecule has 0 unspecified atom stereocenters. The van der Waals surface area contributed by atoms with Crippen LogP contribution in [0.2, 0.25) is 0 Å². The molecule has 0 amide bonds. The zero-order chi connectivity index (χ0) is 21.4. The Morgan fingerprint density at radius 2 is 1.74 bits per heavy atom. The zero-order valence-corrected chi connectivity index (χ0v) is 18.5. The molecule has 4 heterocycles. The first-order valence-electron chi connectivity index (χ1n) is 11.4. The van der Waals surface area contributed by atoms with Crippen molar-refractivity contribution in [2.75, 3.05) is 44.2 Å². The van der Waals surface area contributed by atoms with Gasteiger partial charge in [0.15, 0.2) is 0 Å². The number of fused-ring (bicyclic) bond motifs is 1. The molecule has 2 aliphatic rings. The Bertz CT molecular complexity index is 1080. The lowest BCUT2D eigenvalue weighted by Gasteiger charge is -2.29. The standard InChI is InChI=1S/C24H31FN6/c1-17-13-19(5-6-20(17)25)15-31-22-14-18(2)27-21(16-29-9-3-4-10-29)23(22)28-24(31)30-11-7-26-8-12-30/h5-6,13-14,26H,3-4,7-12,15-16H2,1-2H3. The van der Waals surface area contributed by atoms with Gasteiger partial charge in [0.25, 0.3) is 0 Å². The van der Waals surface area contributed by atoms with Crippen LogP contribution in [0.3, 0.4) is 0 Å². The highest BCUT2D eigenvalue weighted by Gasteiger charge is 2.23. The molecule has 6 nitrogen and oxygen atoms in total. The molecule has 0 aliphatic carbocycles. The van der Waals surface area contributed by atoms with Crippen molar-refractivity contribution in [2.24, 2.45) is 0 Å². The minimum atomic E-state index is -0.158. The van der Waals surface area contributed by atoms with Crippen LogP contribution in [0.25, 0.3) is 11.0 Å². The first kappa shape index (κ1) is 20.4. The first-order chi connectivity index (χ1) is 15.1. The van der Waals surface area contributed by atoms with E-state index < -0.39 is 0 Å². The van der Waals surface area contributed by atoms with Gasteiger partial charge < -0.3 is 14.8 Å². The number of halogens is 1. The van der Waals surface area contributed by atoms with Crippen molar-refractivity contribution in [2.45, 2.75) is 39.8 Å². The molecular formula is C24H31FN6. The van der Waals surface area contributed by atoms with Crippen LogP contribution in [0, 0.1) is 19.7 Å². The van der Waals surface area contributed by atoms with E-state index in [1.807, 2.05) is 19.1 Å². The van der Waals surface area contributed by atoms with Crippen LogP contribution in [0.15, 0.2) is 24.3 Å². The quantitative estimate of drug-likeness (QED) is 0.684. The number of rotatable bonds is 5. The minimum absolute atomic E-state index is 0.158. The van der Waals surface area contributed by atoms with Gasteiger partial charge in [0.1, 0.15) is 11.3 Å². The summed E-state index contributed by atoms with van der Waals surface area (Å²) in [6.45, 7) is 11.5. The summed E-state index contributed by atoms with van der Waals surface area (Å²) in [5.41, 5.74) is 5.98. The van der Waals surface area contributed by atoms with Crippen molar-refractivity contribution in [3.8, 4) is 0 Å². The van der Waals surface area contributed by atoms with Crippen molar-refractivity contribution in [3.05, 3.63) is 52.6 Å². The summed E-state index contributed by atoms with van der Waals surface area (Å²) in [6.07, 6.45) is 2.53. The highest BCUT2D eigenvalue weighted by Crippen LogP contribution is 2.28. The predicted octanol–water partition coefficient (Wildman–Crippen LogP) is 3.24. The molecule has 1 N–H and O–H groups in total. The fraction of sp³-hybridized carbons (Fsp3) is 0.500. The molecule has 5 rings (SSSR count). The van der Waals surface area contributed by atoms with Crippen molar-refractivity contribution in [3.63, 3.8) is 0 Å². The van der Waals surface area contributed by atoms with Crippen LogP contribution in [-0.2, 0) is 13.1 Å². The zero-order valence-electron chi connectivity index (χ0n) is 18.5. The number of nitrogens with zero attached hydrogens (tertiary/aromatic N) is 5. The molecule has 7 heteroatoms. The number of hydrogen-bond acceptors (Lipinski definition) is 5. The number of nitrogens with one attached hydrogen (secondary N) is 1. The van der Waals surface area contributed by atoms with E-state index in [2.05, 4.69) is 32.7 Å². The number of anilines is 1. The summed E-state index contributed by atoms with van der Waals surface area (Å²) >= 11 is 0. The van der Waals surface area contributed by atoms with Crippen LogP contribution in [0.5, 0.6) is 0 Å². The minimum Gasteiger partial charge on any atom is -0.340 e. The smallest absolute Gasteiger partial charge is 0.207 e. The highest BCUT2D eigenvalue weighted by molar-refractivity contribution is 5.81. The lowest BCUT2D eigenvalue weighted by molar-refractivity contribution is 0.328. The van der Waals surface area contributed by atoms with Crippen molar-refractivity contribution in [1.29, 1.82) is 0 Å². The van der Waals surface area contributed by atoms with Gasteiger partial charge in [0.2, 0.25) is 5.95 Å².